The highest BCUT2D eigenvalue weighted by atomic mass is 19.1. The lowest BCUT2D eigenvalue weighted by atomic mass is 10.2. The van der Waals surface area contributed by atoms with Crippen LogP contribution in [0.5, 0.6) is 0 Å². The molecular formula is C13H17FN2O3. The van der Waals surface area contributed by atoms with E-state index in [0.29, 0.717) is 18.7 Å². The molecule has 1 rings (SSSR count). The molecule has 0 aliphatic carbocycles. The van der Waals surface area contributed by atoms with E-state index in [9.17, 15) is 14.0 Å². The van der Waals surface area contributed by atoms with Crippen molar-refractivity contribution >= 4 is 11.8 Å². The van der Waals surface area contributed by atoms with Crippen LogP contribution < -0.4 is 10.6 Å². The van der Waals surface area contributed by atoms with E-state index in [1.165, 1.54) is 31.4 Å². The summed E-state index contributed by atoms with van der Waals surface area (Å²) in [4.78, 5) is 23.4. The smallest absolute Gasteiger partial charge is 0.251 e. The zero-order valence-electron chi connectivity index (χ0n) is 10.9. The SMILES string of the molecule is COCCNC(=O)C(C)NC(=O)c1ccc(F)cc1. The van der Waals surface area contributed by atoms with E-state index in [1.54, 1.807) is 6.92 Å². The maximum atomic E-state index is 12.7. The minimum atomic E-state index is -0.672. The first kappa shape index (κ1) is 15.1. The van der Waals surface area contributed by atoms with Crippen LogP contribution in [-0.4, -0.2) is 38.1 Å². The lowest BCUT2D eigenvalue weighted by Gasteiger charge is -2.14. The molecule has 2 N–H and O–H groups in total. The lowest BCUT2D eigenvalue weighted by Crippen LogP contribution is -2.45. The van der Waals surface area contributed by atoms with Crippen LogP contribution in [0.1, 0.15) is 17.3 Å². The van der Waals surface area contributed by atoms with Crippen LogP contribution in [0.25, 0.3) is 0 Å². The fraction of sp³-hybridized carbons (Fsp3) is 0.385. The number of benzene rings is 1. The average molecular weight is 268 g/mol. The first-order valence-electron chi connectivity index (χ1n) is 5.87. The van der Waals surface area contributed by atoms with Crippen molar-refractivity contribution in [1.82, 2.24) is 10.6 Å². The third-order valence-electron chi connectivity index (χ3n) is 2.45. The van der Waals surface area contributed by atoms with Crippen molar-refractivity contribution in [1.29, 1.82) is 0 Å². The van der Waals surface area contributed by atoms with Gasteiger partial charge in [-0.25, -0.2) is 4.39 Å². The topological polar surface area (TPSA) is 67.4 Å². The molecule has 0 radical (unpaired) electrons. The molecule has 0 aliphatic heterocycles. The third kappa shape index (κ3) is 5.05. The first-order valence-corrected chi connectivity index (χ1v) is 5.87. The summed E-state index contributed by atoms with van der Waals surface area (Å²) in [5.74, 6) is -1.14. The van der Waals surface area contributed by atoms with Gasteiger partial charge in [0.1, 0.15) is 11.9 Å². The van der Waals surface area contributed by atoms with Gasteiger partial charge in [0, 0.05) is 19.2 Å². The quantitative estimate of drug-likeness (QED) is 0.747. The molecule has 104 valence electrons. The van der Waals surface area contributed by atoms with Gasteiger partial charge in [0.25, 0.3) is 5.91 Å². The van der Waals surface area contributed by atoms with Crippen molar-refractivity contribution in [2.24, 2.45) is 0 Å². The maximum Gasteiger partial charge on any atom is 0.251 e. The average Bonchev–Trinajstić information content (AvgIpc) is 2.39. The van der Waals surface area contributed by atoms with Gasteiger partial charge in [-0.2, -0.15) is 0 Å². The number of carbonyl (C=O) groups excluding carboxylic acids is 2. The molecule has 0 fully saturated rings. The molecule has 1 unspecified atom stereocenters. The van der Waals surface area contributed by atoms with E-state index < -0.39 is 17.8 Å². The summed E-state index contributed by atoms with van der Waals surface area (Å²) in [6, 6.07) is 4.44. The number of amides is 2. The Hall–Kier alpha value is -1.95. The summed E-state index contributed by atoms with van der Waals surface area (Å²) in [5.41, 5.74) is 0.304. The molecule has 5 nitrogen and oxygen atoms in total. The van der Waals surface area contributed by atoms with Gasteiger partial charge >= 0.3 is 0 Å². The fourth-order valence-electron chi connectivity index (χ4n) is 1.38. The second-order valence-electron chi connectivity index (χ2n) is 3.99. The first-order chi connectivity index (χ1) is 9.04. The standard InChI is InChI=1S/C13H17FN2O3/c1-9(12(17)15-7-8-19-2)16-13(18)10-3-5-11(14)6-4-10/h3-6,9H,7-8H2,1-2H3,(H,15,17)(H,16,18). The van der Waals surface area contributed by atoms with Crippen LogP contribution in [0.15, 0.2) is 24.3 Å². The zero-order chi connectivity index (χ0) is 14.3. The number of hydrogen-bond acceptors (Lipinski definition) is 3. The minimum Gasteiger partial charge on any atom is -0.383 e. The van der Waals surface area contributed by atoms with Crippen molar-refractivity contribution in [3.63, 3.8) is 0 Å². The predicted octanol–water partition coefficient (Wildman–Crippen LogP) is 0.707. The number of methoxy groups -OCH3 is 1. The number of rotatable bonds is 6. The molecule has 6 heteroatoms. The molecule has 0 heterocycles. The molecule has 19 heavy (non-hydrogen) atoms. The normalized spacial score (nSPS) is 11.7. The van der Waals surface area contributed by atoms with E-state index in [2.05, 4.69) is 10.6 Å². The monoisotopic (exact) mass is 268 g/mol. The number of ether oxygens (including phenoxy) is 1. The van der Waals surface area contributed by atoms with Crippen molar-refractivity contribution in [3.05, 3.63) is 35.6 Å². The predicted molar refractivity (Wildman–Crippen MR) is 68.2 cm³/mol. The van der Waals surface area contributed by atoms with E-state index >= 15 is 0 Å². The second kappa shape index (κ2) is 7.48. The highest BCUT2D eigenvalue weighted by Crippen LogP contribution is 2.02. The number of carbonyl (C=O) groups is 2. The Balaban J connectivity index is 2.47. The third-order valence-corrected chi connectivity index (χ3v) is 2.45. The van der Waals surface area contributed by atoms with E-state index in [-0.39, 0.29) is 5.91 Å². The molecule has 0 aromatic heterocycles. The molecule has 1 atom stereocenters. The van der Waals surface area contributed by atoms with Crippen LogP contribution >= 0.6 is 0 Å². The largest absolute Gasteiger partial charge is 0.383 e. The van der Waals surface area contributed by atoms with Crippen LogP contribution in [0.4, 0.5) is 4.39 Å². The van der Waals surface area contributed by atoms with Gasteiger partial charge in [0.2, 0.25) is 5.91 Å². The van der Waals surface area contributed by atoms with Crippen LogP contribution in [0, 0.1) is 5.82 Å². The Labute approximate surface area is 111 Å². The van der Waals surface area contributed by atoms with Crippen molar-refractivity contribution in [3.8, 4) is 0 Å². The number of hydrogen-bond donors (Lipinski definition) is 2. The van der Waals surface area contributed by atoms with Crippen LogP contribution in [0.3, 0.4) is 0 Å². The molecule has 0 saturated carbocycles. The summed E-state index contributed by atoms with van der Waals surface area (Å²) in [7, 11) is 1.53. The lowest BCUT2D eigenvalue weighted by molar-refractivity contribution is -0.122. The van der Waals surface area contributed by atoms with Crippen molar-refractivity contribution in [2.45, 2.75) is 13.0 Å². The van der Waals surface area contributed by atoms with Gasteiger partial charge in [0.15, 0.2) is 0 Å². The molecule has 2 amide bonds. The molecule has 1 aromatic carbocycles. The summed E-state index contributed by atoms with van der Waals surface area (Å²) in [6.07, 6.45) is 0. The Morgan fingerprint density at radius 3 is 2.53 bits per heavy atom. The Kier molecular flexibility index (Phi) is 5.95. The van der Waals surface area contributed by atoms with Gasteiger partial charge in [-0.15, -0.1) is 0 Å². The van der Waals surface area contributed by atoms with Gasteiger partial charge < -0.3 is 15.4 Å². The maximum absolute atomic E-state index is 12.7. The molecule has 0 bridgehead atoms. The Morgan fingerprint density at radius 2 is 1.95 bits per heavy atom. The molecule has 0 spiro atoms. The summed E-state index contributed by atoms with van der Waals surface area (Å²) >= 11 is 0. The summed E-state index contributed by atoms with van der Waals surface area (Å²) < 4.78 is 17.5. The number of halogens is 1. The minimum absolute atomic E-state index is 0.299. The van der Waals surface area contributed by atoms with Gasteiger partial charge in [-0.05, 0) is 31.2 Å². The highest BCUT2D eigenvalue weighted by Gasteiger charge is 2.15. The van der Waals surface area contributed by atoms with Crippen LogP contribution in [-0.2, 0) is 9.53 Å². The Morgan fingerprint density at radius 1 is 1.32 bits per heavy atom. The van der Waals surface area contributed by atoms with Crippen molar-refractivity contribution < 1.29 is 18.7 Å². The van der Waals surface area contributed by atoms with Gasteiger partial charge in [0.05, 0.1) is 6.61 Å². The van der Waals surface area contributed by atoms with E-state index in [0.717, 1.165) is 0 Å². The molecular weight excluding hydrogens is 251 g/mol. The summed E-state index contributed by atoms with van der Waals surface area (Å²) in [6.45, 7) is 2.36. The molecule has 1 aromatic rings. The van der Waals surface area contributed by atoms with E-state index in [1.807, 2.05) is 0 Å². The fourth-order valence-corrected chi connectivity index (χ4v) is 1.38. The second-order valence-corrected chi connectivity index (χ2v) is 3.99. The Bertz CT molecular complexity index is 434. The molecule has 0 aliphatic rings. The molecule has 0 saturated heterocycles. The zero-order valence-corrected chi connectivity index (χ0v) is 10.9. The van der Waals surface area contributed by atoms with Crippen LogP contribution in [0.2, 0.25) is 0 Å². The highest BCUT2D eigenvalue weighted by molar-refractivity contribution is 5.97. The number of nitrogens with one attached hydrogen (secondary N) is 2. The van der Waals surface area contributed by atoms with Crippen molar-refractivity contribution in [2.75, 3.05) is 20.3 Å². The van der Waals surface area contributed by atoms with E-state index in [4.69, 9.17) is 4.74 Å². The van der Waals surface area contributed by atoms with Gasteiger partial charge in [-0.1, -0.05) is 0 Å². The summed E-state index contributed by atoms with van der Waals surface area (Å²) in [5, 5.41) is 5.14. The van der Waals surface area contributed by atoms with Gasteiger partial charge in [-0.3, -0.25) is 9.59 Å².